The van der Waals surface area contributed by atoms with Gasteiger partial charge in [-0.1, -0.05) is 0 Å². The number of carbonyl (C=O) groups is 2. The number of rotatable bonds is 3. The number of aromatic amines is 1. The molecule has 17 heavy (non-hydrogen) atoms. The number of nitrogens with one attached hydrogen (secondary N) is 2. The first kappa shape index (κ1) is 11.9. The Balaban J connectivity index is 1.82. The second-order valence-corrected chi connectivity index (χ2v) is 4.72. The lowest BCUT2D eigenvalue weighted by Gasteiger charge is -2.27. The molecule has 2 N–H and O–H groups in total. The summed E-state index contributed by atoms with van der Waals surface area (Å²) in [6, 6.07) is 3.78. The monoisotopic (exact) mass is 234 g/mol. The van der Waals surface area contributed by atoms with Gasteiger partial charge in [0.25, 0.3) is 5.91 Å². The van der Waals surface area contributed by atoms with Crippen LogP contribution in [-0.4, -0.2) is 22.7 Å². The van der Waals surface area contributed by atoms with E-state index in [4.69, 9.17) is 0 Å². The van der Waals surface area contributed by atoms with E-state index in [0.717, 1.165) is 25.7 Å². The van der Waals surface area contributed by atoms with Crippen molar-refractivity contribution in [1.82, 2.24) is 10.3 Å². The molecule has 0 aromatic carbocycles. The number of Topliss-reactive ketones (excluding diaryl/α,β-unsaturated/α-hetero) is 1. The Morgan fingerprint density at radius 1 is 1.29 bits per heavy atom. The van der Waals surface area contributed by atoms with Crippen molar-refractivity contribution in [3.05, 3.63) is 24.0 Å². The fourth-order valence-corrected chi connectivity index (χ4v) is 2.38. The average molecular weight is 234 g/mol. The Kier molecular flexibility index (Phi) is 3.61. The highest BCUT2D eigenvalue weighted by atomic mass is 16.2. The molecule has 1 heterocycles. The summed E-state index contributed by atoms with van der Waals surface area (Å²) in [6.45, 7) is 1.66. The van der Waals surface area contributed by atoms with E-state index in [1.54, 1.807) is 19.2 Å². The Morgan fingerprint density at radius 2 is 2.00 bits per heavy atom. The van der Waals surface area contributed by atoms with E-state index in [9.17, 15) is 9.59 Å². The smallest absolute Gasteiger partial charge is 0.267 e. The van der Waals surface area contributed by atoms with Crippen LogP contribution < -0.4 is 5.32 Å². The first-order valence-corrected chi connectivity index (χ1v) is 6.11. The first-order chi connectivity index (χ1) is 8.16. The van der Waals surface area contributed by atoms with Gasteiger partial charge in [-0.2, -0.15) is 0 Å². The summed E-state index contributed by atoms with van der Waals surface area (Å²) in [5, 5.41) is 3.00. The molecule has 0 bridgehead atoms. The maximum atomic E-state index is 11.8. The van der Waals surface area contributed by atoms with Crippen molar-refractivity contribution >= 4 is 11.7 Å². The van der Waals surface area contributed by atoms with Gasteiger partial charge in [-0.05, 0) is 44.7 Å². The molecule has 1 aromatic heterocycles. The van der Waals surface area contributed by atoms with Crippen molar-refractivity contribution in [2.75, 3.05) is 0 Å². The van der Waals surface area contributed by atoms with Crippen LogP contribution >= 0.6 is 0 Å². The maximum Gasteiger partial charge on any atom is 0.267 e. The van der Waals surface area contributed by atoms with Crippen LogP contribution in [0.15, 0.2) is 18.3 Å². The van der Waals surface area contributed by atoms with E-state index in [-0.39, 0.29) is 23.7 Å². The lowest BCUT2D eigenvalue weighted by molar-refractivity contribution is -0.121. The fourth-order valence-electron chi connectivity index (χ4n) is 2.38. The SMILES string of the molecule is CC(=O)C1CCC(NC(=O)c2ccc[nH]2)CC1. The summed E-state index contributed by atoms with van der Waals surface area (Å²) in [5.74, 6) is 0.425. The third-order valence-electron chi connectivity index (χ3n) is 3.48. The van der Waals surface area contributed by atoms with Gasteiger partial charge in [-0.15, -0.1) is 0 Å². The molecule has 0 radical (unpaired) electrons. The Bertz CT molecular complexity index is 390. The molecule has 1 amide bonds. The lowest BCUT2D eigenvalue weighted by Crippen LogP contribution is -2.38. The highest BCUT2D eigenvalue weighted by Crippen LogP contribution is 2.24. The van der Waals surface area contributed by atoms with Crippen molar-refractivity contribution in [1.29, 1.82) is 0 Å². The van der Waals surface area contributed by atoms with Crippen LogP contribution in [-0.2, 0) is 4.79 Å². The van der Waals surface area contributed by atoms with E-state index in [0.29, 0.717) is 5.69 Å². The number of ketones is 1. The van der Waals surface area contributed by atoms with E-state index in [1.165, 1.54) is 0 Å². The van der Waals surface area contributed by atoms with Crippen LogP contribution in [0.3, 0.4) is 0 Å². The molecule has 0 saturated heterocycles. The van der Waals surface area contributed by atoms with Crippen LogP contribution in [0.2, 0.25) is 0 Å². The summed E-state index contributed by atoms with van der Waals surface area (Å²) >= 11 is 0. The van der Waals surface area contributed by atoms with Gasteiger partial charge in [0.15, 0.2) is 0 Å². The minimum atomic E-state index is -0.0544. The van der Waals surface area contributed by atoms with Gasteiger partial charge in [0.1, 0.15) is 11.5 Å². The van der Waals surface area contributed by atoms with Crippen LogP contribution in [0, 0.1) is 5.92 Å². The summed E-state index contributed by atoms with van der Waals surface area (Å²) in [5.41, 5.74) is 0.596. The second kappa shape index (κ2) is 5.17. The zero-order valence-corrected chi connectivity index (χ0v) is 10.0. The molecule has 1 aliphatic rings. The van der Waals surface area contributed by atoms with Gasteiger partial charge >= 0.3 is 0 Å². The molecule has 1 aliphatic carbocycles. The third kappa shape index (κ3) is 2.96. The molecule has 1 saturated carbocycles. The number of amides is 1. The molecule has 0 aliphatic heterocycles. The number of carbonyl (C=O) groups excluding carboxylic acids is 2. The Labute approximate surface area is 101 Å². The second-order valence-electron chi connectivity index (χ2n) is 4.72. The van der Waals surface area contributed by atoms with Gasteiger partial charge in [-0.25, -0.2) is 0 Å². The molecule has 0 unspecified atom stereocenters. The van der Waals surface area contributed by atoms with E-state index in [1.807, 2.05) is 6.07 Å². The van der Waals surface area contributed by atoms with Gasteiger partial charge in [0.2, 0.25) is 0 Å². The van der Waals surface area contributed by atoms with Gasteiger partial charge in [0.05, 0.1) is 0 Å². The van der Waals surface area contributed by atoms with Gasteiger partial charge in [0, 0.05) is 18.2 Å². The van der Waals surface area contributed by atoms with Crippen molar-refractivity contribution in [3.63, 3.8) is 0 Å². The van der Waals surface area contributed by atoms with E-state index >= 15 is 0 Å². The molecule has 2 rings (SSSR count). The predicted octanol–water partition coefficient (Wildman–Crippen LogP) is 1.89. The standard InChI is InChI=1S/C13H18N2O2/c1-9(16)10-4-6-11(7-5-10)15-13(17)12-3-2-8-14-12/h2-3,8,10-11,14H,4-7H2,1H3,(H,15,17). The molecule has 0 spiro atoms. The maximum absolute atomic E-state index is 11.8. The third-order valence-corrected chi connectivity index (χ3v) is 3.48. The molecule has 1 aromatic rings. The topological polar surface area (TPSA) is 62.0 Å². The number of hydrogen-bond acceptors (Lipinski definition) is 2. The van der Waals surface area contributed by atoms with Gasteiger partial charge < -0.3 is 10.3 Å². The molecule has 4 nitrogen and oxygen atoms in total. The highest BCUT2D eigenvalue weighted by molar-refractivity contribution is 5.92. The first-order valence-electron chi connectivity index (χ1n) is 6.11. The van der Waals surface area contributed by atoms with Crippen molar-refractivity contribution in [3.8, 4) is 0 Å². The minimum Gasteiger partial charge on any atom is -0.357 e. The molecule has 92 valence electrons. The van der Waals surface area contributed by atoms with Crippen molar-refractivity contribution < 1.29 is 9.59 Å². The number of hydrogen-bond donors (Lipinski definition) is 2. The molecular formula is C13H18N2O2. The van der Waals surface area contributed by atoms with Gasteiger partial charge in [-0.3, -0.25) is 9.59 Å². The van der Waals surface area contributed by atoms with Crippen LogP contribution in [0.5, 0.6) is 0 Å². The summed E-state index contributed by atoms with van der Waals surface area (Å²) in [7, 11) is 0. The number of aromatic nitrogens is 1. The Morgan fingerprint density at radius 3 is 2.53 bits per heavy atom. The van der Waals surface area contributed by atoms with E-state index in [2.05, 4.69) is 10.3 Å². The van der Waals surface area contributed by atoms with Crippen molar-refractivity contribution in [2.45, 2.75) is 38.6 Å². The molecule has 0 atom stereocenters. The Hall–Kier alpha value is -1.58. The van der Waals surface area contributed by atoms with Crippen LogP contribution in [0.25, 0.3) is 0 Å². The zero-order chi connectivity index (χ0) is 12.3. The van der Waals surface area contributed by atoms with Crippen molar-refractivity contribution in [2.24, 2.45) is 5.92 Å². The van der Waals surface area contributed by atoms with Crippen LogP contribution in [0.4, 0.5) is 0 Å². The van der Waals surface area contributed by atoms with Crippen LogP contribution in [0.1, 0.15) is 43.1 Å². The molecule has 4 heteroatoms. The number of H-pyrrole nitrogens is 1. The fraction of sp³-hybridized carbons (Fsp3) is 0.538. The lowest BCUT2D eigenvalue weighted by atomic mass is 9.84. The molecule has 1 fully saturated rings. The summed E-state index contributed by atoms with van der Waals surface area (Å²) in [4.78, 5) is 25.9. The highest BCUT2D eigenvalue weighted by Gasteiger charge is 2.25. The largest absolute Gasteiger partial charge is 0.357 e. The summed E-state index contributed by atoms with van der Waals surface area (Å²) in [6.07, 6.45) is 5.32. The normalized spacial score (nSPS) is 24.3. The molecular weight excluding hydrogens is 216 g/mol. The zero-order valence-electron chi connectivity index (χ0n) is 10.0. The minimum absolute atomic E-state index is 0.0544. The quantitative estimate of drug-likeness (QED) is 0.839. The summed E-state index contributed by atoms with van der Waals surface area (Å²) < 4.78 is 0. The van der Waals surface area contributed by atoms with E-state index < -0.39 is 0 Å². The average Bonchev–Trinajstić information content (AvgIpc) is 2.83. The predicted molar refractivity (Wildman–Crippen MR) is 64.7 cm³/mol.